The SMILES string of the molecule is CC1CCC(C2CCC(C)O2)CO1. The fourth-order valence-corrected chi connectivity index (χ4v) is 2.38. The number of hydrogen-bond acceptors (Lipinski definition) is 2. The Morgan fingerprint density at radius 3 is 2.23 bits per heavy atom. The van der Waals surface area contributed by atoms with Gasteiger partial charge in [-0.05, 0) is 39.5 Å². The molecule has 0 aliphatic carbocycles. The Morgan fingerprint density at radius 2 is 1.69 bits per heavy atom. The molecule has 0 spiro atoms. The zero-order chi connectivity index (χ0) is 9.26. The van der Waals surface area contributed by atoms with Gasteiger partial charge < -0.3 is 9.47 Å². The minimum absolute atomic E-state index is 0.468. The largest absolute Gasteiger partial charge is 0.378 e. The van der Waals surface area contributed by atoms with E-state index in [2.05, 4.69) is 13.8 Å². The van der Waals surface area contributed by atoms with Crippen LogP contribution in [0, 0.1) is 5.92 Å². The lowest BCUT2D eigenvalue weighted by Gasteiger charge is -2.30. The fourth-order valence-electron chi connectivity index (χ4n) is 2.38. The molecule has 2 nitrogen and oxygen atoms in total. The van der Waals surface area contributed by atoms with Crippen molar-refractivity contribution in [1.29, 1.82) is 0 Å². The van der Waals surface area contributed by atoms with Gasteiger partial charge in [0.25, 0.3) is 0 Å². The van der Waals surface area contributed by atoms with E-state index in [0.717, 1.165) is 6.61 Å². The zero-order valence-electron chi connectivity index (χ0n) is 8.66. The first kappa shape index (κ1) is 9.47. The van der Waals surface area contributed by atoms with Crippen LogP contribution in [0.3, 0.4) is 0 Å². The molecule has 0 N–H and O–H groups in total. The number of ether oxygens (including phenoxy) is 2. The summed E-state index contributed by atoms with van der Waals surface area (Å²) in [6.07, 6.45) is 6.40. The number of hydrogen-bond donors (Lipinski definition) is 0. The van der Waals surface area contributed by atoms with Crippen LogP contribution >= 0.6 is 0 Å². The molecule has 0 aromatic carbocycles. The van der Waals surface area contributed by atoms with E-state index in [9.17, 15) is 0 Å². The lowest BCUT2D eigenvalue weighted by Crippen LogP contribution is -2.32. The normalized spacial score (nSPS) is 46.6. The van der Waals surface area contributed by atoms with Crippen LogP contribution in [0.25, 0.3) is 0 Å². The van der Waals surface area contributed by atoms with Crippen molar-refractivity contribution in [3.8, 4) is 0 Å². The van der Waals surface area contributed by atoms with Crippen molar-refractivity contribution in [3.05, 3.63) is 0 Å². The van der Waals surface area contributed by atoms with E-state index < -0.39 is 0 Å². The molecule has 0 aromatic rings. The fraction of sp³-hybridized carbons (Fsp3) is 1.00. The predicted molar refractivity (Wildman–Crippen MR) is 51.7 cm³/mol. The van der Waals surface area contributed by atoms with Crippen molar-refractivity contribution >= 4 is 0 Å². The van der Waals surface area contributed by atoms with Gasteiger partial charge in [-0.1, -0.05) is 0 Å². The molecule has 2 saturated heterocycles. The highest BCUT2D eigenvalue weighted by molar-refractivity contribution is 4.80. The van der Waals surface area contributed by atoms with Crippen molar-refractivity contribution in [2.75, 3.05) is 6.61 Å². The van der Waals surface area contributed by atoms with E-state index in [0.29, 0.717) is 24.2 Å². The van der Waals surface area contributed by atoms with Crippen LogP contribution in [0.1, 0.15) is 39.5 Å². The average molecular weight is 184 g/mol. The molecule has 0 amide bonds. The van der Waals surface area contributed by atoms with Gasteiger partial charge in [-0.2, -0.15) is 0 Å². The second-order valence-electron chi connectivity index (χ2n) is 4.54. The third-order valence-corrected chi connectivity index (χ3v) is 3.33. The molecule has 4 atom stereocenters. The van der Waals surface area contributed by atoms with E-state index in [1.165, 1.54) is 25.7 Å². The minimum atomic E-state index is 0.468. The van der Waals surface area contributed by atoms with Gasteiger partial charge in [-0.25, -0.2) is 0 Å². The standard InChI is InChI=1S/C11H20O2/c1-8-3-5-10(7-12-8)11-6-4-9(2)13-11/h8-11H,3-7H2,1-2H3. The molecule has 4 unspecified atom stereocenters. The summed E-state index contributed by atoms with van der Waals surface area (Å²) >= 11 is 0. The van der Waals surface area contributed by atoms with E-state index in [4.69, 9.17) is 9.47 Å². The van der Waals surface area contributed by atoms with Crippen LogP contribution in [0.5, 0.6) is 0 Å². The minimum Gasteiger partial charge on any atom is -0.378 e. The van der Waals surface area contributed by atoms with E-state index in [1.807, 2.05) is 0 Å². The average Bonchev–Trinajstić information content (AvgIpc) is 2.53. The molecule has 2 heterocycles. The van der Waals surface area contributed by atoms with Gasteiger partial charge in [0.05, 0.1) is 24.9 Å². The molecule has 2 fully saturated rings. The van der Waals surface area contributed by atoms with Crippen LogP contribution < -0.4 is 0 Å². The molecule has 0 aromatic heterocycles. The summed E-state index contributed by atoms with van der Waals surface area (Å²) in [5.41, 5.74) is 0. The summed E-state index contributed by atoms with van der Waals surface area (Å²) in [7, 11) is 0. The first-order chi connectivity index (χ1) is 6.25. The summed E-state index contributed by atoms with van der Waals surface area (Å²) in [6.45, 7) is 5.25. The van der Waals surface area contributed by atoms with E-state index in [-0.39, 0.29) is 0 Å². The maximum Gasteiger partial charge on any atom is 0.0629 e. The van der Waals surface area contributed by atoms with Crippen molar-refractivity contribution in [2.24, 2.45) is 5.92 Å². The molecule has 0 bridgehead atoms. The quantitative estimate of drug-likeness (QED) is 0.623. The van der Waals surface area contributed by atoms with E-state index in [1.54, 1.807) is 0 Å². The highest BCUT2D eigenvalue weighted by atomic mass is 16.5. The monoisotopic (exact) mass is 184 g/mol. The third kappa shape index (κ3) is 2.23. The van der Waals surface area contributed by atoms with Crippen LogP contribution in [0.2, 0.25) is 0 Å². The Hall–Kier alpha value is -0.0800. The summed E-state index contributed by atoms with van der Waals surface area (Å²) < 4.78 is 11.5. The second-order valence-corrected chi connectivity index (χ2v) is 4.54. The van der Waals surface area contributed by atoms with Gasteiger partial charge >= 0.3 is 0 Å². The highest BCUT2D eigenvalue weighted by Gasteiger charge is 2.32. The third-order valence-electron chi connectivity index (χ3n) is 3.33. The van der Waals surface area contributed by atoms with Crippen LogP contribution in [-0.2, 0) is 9.47 Å². The van der Waals surface area contributed by atoms with Gasteiger partial charge in [0, 0.05) is 5.92 Å². The summed E-state index contributed by atoms with van der Waals surface area (Å²) in [5.74, 6) is 0.668. The van der Waals surface area contributed by atoms with Crippen molar-refractivity contribution < 1.29 is 9.47 Å². The van der Waals surface area contributed by atoms with Crippen molar-refractivity contribution in [2.45, 2.75) is 57.8 Å². The first-order valence-electron chi connectivity index (χ1n) is 5.53. The van der Waals surface area contributed by atoms with Gasteiger partial charge in [0.2, 0.25) is 0 Å². The van der Waals surface area contributed by atoms with Crippen molar-refractivity contribution in [3.63, 3.8) is 0 Å². The smallest absolute Gasteiger partial charge is 0.0629 e. The second kappa shape index (κ2) is 3.97. The number of rotatable bonds is 1. The summed E-state index contributed by atoms with van der Waals surface area (Å²) in [4.78, 5) is 0. The Balaban J connectivity index is 1.81. The topological polar surface area (TPSA) is 18.5 Å². The van der Waals surface area contributed by atoms with E-state index >= 15 is 0 Å². The Kier molecular flexibility index (Phi) is 2.89. The summed E-state index contributed by atoms with van der Waals surface area (Å²) in [6, 6.07) is 0. The molecule has 0 radical (unpaired) electrons. The van der Waals surface area contributed by atoms with Gasteiger partial charge in [0.1, 0.15) is 0 Å². The van der Waals surface area contributed by atoms with Crippen molar-refractivity contribution in [1.82, 2.24) is 0 Å². The van der Waals surface area contributed by atoms with Crippen LogP contribution in [0.15, 0.2) is 0 Å². The van der Waals surface area contributed by atoms with Gasteiger partial charge in [0.15, 0.2) is 0 Å². The highest BCUT2D eigenvalue weighted by Crippen LogP contribution is 2.31. The molecule has 76 valence electrons. The molecular formula is C11H20O2. The maximum atomic E-state index is 5.86. The Morgan fingerprint density at radius 1 is 0.923 bits per heavy atom. The first-order valence-corrected chi connectivity index (χ1v) is 5.53. The molecule has 13 heavy (non-hydrogen) atoms. The van der Waals surface area contributed by atoms with Crippen LogP contribution in [0.4, 0.5) is 0 Å². The molecule has 0 saturated carbocycles. The lowest BCUT2D eigenvalue weighted by atomic mass is 9.92. The zero-order valence-corrected chi connectivity index (χ0v) is 8.66. The predicted octanol–water partition coefficient (Wildman–Crippen LogP) is 2.37. The summed E-state index contributed by atoms with van der Waals surface area (Å²) in [5, 5.41) is 0. The molecule has 2 rings (SSSR count). The molecular weight excluding hydrogens is 164 g/mol. The van der Waals surface area contributed by atoms with Crippen LogP contribution in [-0.4, -0.2) is 24.9 Å². The Labute approximate surface area is 80.6 Å². The lowest BCUT2D eigenvalue weighted by molar-refractivity contribution is -0.0655. The van der Waals surface area contributed by atoms with Gasteiger partial charge in [-0.15, -0.1) is 0 Å². The Bertz CT molecular complexity index is 161. The molecule has 2 aliphatic rings. The maximum absolute atomic E-state index is 5.86. The molecule has 2 heteroatoms. The van der Waals surface area contributed by atoms with Gasteiger partial charge in [-0.3, -0.25) is 0 Å². The molecule has 2 aliphatic heterocycles.